The molecule has 0 atom stereocenters. The van der Waals surface area contributed by atoms with Gasteiger partial charge in [-0.05, 0) is 49.2 Å². The summed E-state index contributed by atoms with van der Waals surface area (Å²) in [6.45, 7) is 4.81. The van der Waals surface area contributed by atoms with Crippen molar-refractivity contribution in [2.45, 2.75) is 33.1 Å². The summed E-state index contributed by atoms with van der Waals surface area (Å²) in [5, 5.41) is 6.85. The molecular weight excluding hydrogens is 310 g/mol. The summed E-state index contributed by atoms with van der Waals surface area (Å²) in [4.78, 5) is 16.4. The van der Waals surface area contributed by atoms with Gasteiger partial charge in [-0.2, -0.15) is 0 Å². The maximum absolute atomic E-state index is 12.1. The second-order valence-electron chi connectivity index (χ2n) is 5.48. The summed E-state index contributed by atoms with van der Waals surface area (Å²) in [6, 6.07) is 9.07. The average Bonchev–Trinajstić information content (AvgIpc) is 2.54. The third-order valence-electron chi connectivity index (χ3n) is 3.54. The maximum atomic E-state index is 12.1. The van der Waals surface area contributed by atoms with Gasteiger partial charge in [-0.15, -0.1) is 0 Å². The van der Waals surface area contributed by atoms with Crippen molar-refractivity contribution in [1.29, 1.82) is 0 Å². The molecule has 0 aliphatic heterocycles. The zero-order chi connectivity index (χ0) is 16.7. The first-order valence-corrected chi connectivity index (χ1v) is 8.25. The van der Waals surface area contributed by atoms with Gasteiger partial charge in [-0.3, -0.25) is 4.79 Å². The smallest absolute Gasteiger partial charge is 0.251 e. The third kappa shape index (κ3) is 5.25. The highest BCUT2D eigenvalue weighted by Gasteiger charge is 2.07. The molecule has 5 heteroatoms. The number of nitrogens with one attached hydrogen (secondary N) is 2. The maximum Gasteiger partial charge on any atom is 0.251 e. The Kier molecular flexibility index (Phi) is 6.41. The van der Waals surface area contributed by atoms with E-state index in [4.69, 9.17) is 11.6 Å². The number of hydrogen-bond donors (Lipinski definition) is 2. The number of aryl methyl sites for hydroxylation is 1. The number of rotatable bonds is 7. The first kappa shape index (κ1) is 17.3. The summed E-state index contributed by atoms with van der Waals surface area (Å²) in [6.07, 6.45) is 4.90. The number of unbranched alkanes of at least 4 members (excludes halogenated alkanes) is 2. The normalized spacial score (nSPS) is 10.4. The molecule has 23 heavy (non-hydrogen) atoms. The predicted octanol–water partition coefficient (Wildman–Crippen LogP) is 4.71. The van der Waals surface area contributed by atoms with Crippen LogP contribution in [0.25, 0.3) is 0 Å². The molecule has 1 heterocycles. The van der Waals surface area contributed by atoms with Gasteiger partial charge in [0.05, 0.1) is 0 Å². The topological polar surface area (TPSA) is 54.0 Å². The van der Waals surface area contributed by atoms with E-state index in [1.54, 1.807) is 18.3 Å². The van der Waals surface area contributed by atoms with Crippen molar-refractivity contribution >= 4 is 29.0 Å². The molecule has 0 aliphatic carbocycles. The number of hydrogen-bond acceptors (Lipinski definition) is 3. The molecule has 2 N–H and O–H groups in total. The predicted molar refractivity (Wildman–Crippen MR) is 95.6 cm³/mol. The molecule has 0 bridgehead atoms. The van der Waals surface area contributed by atoms with Crippen LogP contribution in [0.1, 0.15) is 42.1 Å². The van der Waals surface area contributed by atoms with Gasteiger partial charge in [-0.25, -0.2) is 4.98 Å². The number of pyridine rings is 1. The Hall–Kier alpha value is -2.07. The van der Waals surface area contributed by atoms with E-state index in [0.29, 0.717) is 22.9 Å². The number of anilines is 2. The molecule has 1 amide bonds. The van der Waals surface area contributed by atoms with Crippen LogP contribution in [-0.4, -0.2) is 17.4 Å². The lowest BCUT2D eigenvalue weighted by Crippen LogP contribution is -2.24. The van der Waals surface area contributed by atoms with E-state index in [1.807, 2.05) is 25.1 Å². The van der Waals surface area contributed by atoms with Crippen molar-refractivity contribution in [3.8, 4) is 0 Å². The molecule has 2 rings (SSSR count). The second-order valence-corrected chi connectivity index (χ2v) is 5.91. The van der Waals surface area contributed by atoms with Crippen LogP contribution in [0, 0.1) is 6.92 Å². The molecule has 0 saturated carbocycles. The van der Waals surface area contributed by atoms with Gasteiger partial charge in [0, 0.05) is 29.0 Å². The Labute approximate surface area is 142 Å². The van der Waals surface area contributed by atoms with Crippen molar-refractivity contribution in [3.63, 3.8) is 0 Å². The largest absolute Gasteiger partial charge is 0.352 e. The van der Waals surface area contributed by atoms with Gasteiger partial charge in [-0.1, -0.05) is 31.4 Å². The number of halogens is 1. The minimum absolute atomic E-state index is 0.0700. The lowest BCUT2D eigenvalue weighted by molar-refractivity contribution is 0.0953. The molecule has 0 radical (unpaired) electrons. The average molecular weight is 332 g/mol. The summed E-state index contributed by atoms with van der Waals surface area (Å²) in [5.41, 5.74) is 2.54. The van der Waals surface area contributed by atoms with Gasteiger partial charge in [0.2, 0.25) is 0 Å². The highest BCUT2D eigenvalue weighted by molar-refractivity contribution is 6.30. The quantitative estimate of drug-likeness (QED) is 0.722. The SMILES string of the molecule is CCCCCNC(=O)c1ccnc(Nc2ccc(Cl)cc2C)c1. The Bertz CT molecular complexity index is 673. The van der Waals surface area contributed by atoms with Gasteiger partial charge in [0.1, 0.15) is 5.82 Å². The van der Waals surface area contributed by atoms with Crippen LogP contribution >= 0.6 is 11.6 Å². The highest BCUT2D eigenvalue weighted by Crippen LogP contribution is 2.22. The molecule has 0 aliphatic rings. The fourth-order valence-electron chi connectivity index (χ4n) is 2.22. The van der Waals surface area contributed by atoms with Gasteiger partial charge in [0.15, 0.2) is 0 Å². The molecule has 1 aromatic heterocycles. The number of nitrogens with zero attached hydrogens (tertiary/aromatic N) is 1. The molecule has 0 unspecified atom stereocenters. The van der Waals surface area contributed by atoms with Gasteiger partial charge < -0.3 is 10.6 Å². The van der Waals surface area contributed by atoms with Crippen LogP contribution in [0.4, 0.5) is 11.5 Å². The first-order valence-electron chi connectivity index (χ1n) is 7.87. The second kappa shape index (κ2) is 8.53. The van der Waals surface area contributed by atoms with Gasteiger partial charge >= 0.3 is 0 Å². The summed E-state index contributed by atoms with van der Waals surface area (Å²) < 4.78 is 0. The van der Waals surface area contributed by atoms with Crippen LogP contribution in [0.5, 0.6) is 0 Å². The van der Waals surface area contributed by atoms with Gasteiger partial charge in [0.25, 0.3) is 5.91 Å². The third-order valence-corrected chi connectivity index (χ3v) is 3.77. The fraction of sp³-hybridized carbons (Fsp3) is 0.333. The zero-order valence-corrected chi connectivity index (χ0v) is 14.3. The molecule has 0 saturated heterocycles. The molecule has 0 spiro atoms. The monoisotopic (exact) mass is 331 g/mol. The fourth-order valence-corrected chi connectivity index (χ4v) is 2.45. The summed E-state index contributed by atoms with van der Waals surface area (Å²) >= 11 is 5.96. The van der Waals surface area contributed by atoms with E-state index in [0.717, 1.165) is 30.5 Å². The van der Waals surface area contributed by atoms with Crippen LogP contribution in [0.3, 0.4) is 0 Å². The molecule has 4 nitrogen and oxygen atoms in total. The zero-order valence-electron chi connectivity index (χ0n) is 13.5. The minimum atomic E-state index is -0.0700. The van der Waals surface area contributed by atoms with Crippen LogP contribution < -0.4 is 10.6 Å². The van der Waals surface area contributed by atoms with Crippen LogP contribution in [-0.2, 0) is 0 Å². The van der Waals surface area contributed by atoms with E-state index in [2.05, 4.69) is 22.5 Å². The van der Waals surface area contributed by atoms with Crippen molar-refractivity contribution in [2.75, 3.05) is 11.9 Å². The Balaban J connectivity index is 2.03. The first-order chi connectivity index (χ1) is 11.1. The summed E-state index contributed by atoms with van der Waals surface area (Å²) in [7, 11) is 0. The minimum Gasteiger partial charge on any atom is -0.352 e. The lowest BCUT2D eigenvalue weighted by Gasteiger charge is -2.10. The molecule has 0 fully saturated rings. The molecule has 2 aromatic rings. The standard InChI is InChI=1S/C18H22ClN3O/c1-3-4-5-9-21-18(23)14-8-10-20-17(12-14)22-16-7-6-15(19)11-13(16)2/h6-8,10-12H,3-5,9H2,1-2H3,(H,20,22)(H,21,23). The Morgan fingerprint density at radius 2 is 2.04 bits per heavy atom. The number of amides is 1. The molecule has 122 valence electrons. The number of carbonyl (C=O) groups is 1. The number of benzene rings is 1. The lowest BCUT2D eigenvalue weighted by atomic mass is 10.2. The van der Waals surface area contributed by atoms with Crippen molar-refractivity contribution in [2.24, 2.45) is 0 Å². The van der Waals surface area contributed by atoms with Crippen molar-refractivity contribution in [3.05, 3.63) is 52.7 Å². The van der Waals surface area contributed by atoms with E-state index in [-0.39, 0.29) is 5.91 Å². The van der Waals surface area contributed by atoms with Crippen molar-refractivity contribution in [1.82, 2.24) is 10.3 Å². The van der Waals surface area contributed by atoms with E-state index >= 15 is 0 Å². The number of aromatic nitrogens is 1. The number of carbonyl (C=O) groups excluding carboxylic acids is 1. The van der Waals surface area contributed by atoms with Crippen LogP contribution in [0.2, 0.25) is 5.02 Å². The summed E-state index contributed by atoms with van der Waals surface area (Å²) in [5.74, 6) is 0.566. The van der Waals surface area contributed by atoms with Crippen LogP contribution in [0.15, 0.2) is 36.5 Å². The van der Waals surface area contributed by atoms with Crippen molar-refractivity contribution < 1.29 is 4.79 Å². The van der Waals surface area contributed by atoms with E-state index in [9.17, 15) is 4.79 Å². The van der Waals surface area contributed by atoms with E-state index < -0.39 is 0 Å². The highest BCUT2D eigenvalue weighted by atomic mass is 35.5. The molecule has 1 aromatic carbocycles. The Morgan fingerprint density at radius 1 is 1.22 bits per heavy atom. The Morgan fingerprint density at radius 3 is 2.78 bits per heavy atom. The molecular formula is C18H22ClN3O. The van der Waals surface area contributed by atoms with E-state index in [1.165, 1.54) is 0 Å².